The number of nitrogens with one attached hydrogen (secondary N) is 1. The van der Waals surface area contributed by atoms with Crippen molar-refractivity contribution in [3.05, 3.63) is 29.3 Å². The summed E-state index contributed by atoms with van der Waals surface area (Å²) in [6.07, 6.45) is 0. The normalized spacial score (nSPS) is 16.9. The molecule has 1 saturated heterocycles. The Morgan fingerprint density at radius 3 is 2.37 bits per heavy atom. The number of amidine groups is 1. The third-order valence-electron chi connectivity index (χ3n) is 3.83. The molecule has 0 radical (unpaired) electrons. The van der Waals surface area contributed by atoms with Crippen molar-refractivity contribution in [1.29, 1.82) is 5.41 Å². The number of nitrogen functional groups attached to an aromatic ring is 1. The summed E-state index contributed by atoms with van der Waals surface area (Å²) in [6, 6.07) is 6.72. The topological polar surface area (TPSA) is 56.4 Å². The zero-order chi connectivity index (χ0) is 14.0. The van der Waals surface area contributed by atoms with Crippen LogP contribution in [0.15, 0.2) is 18.2 Å². The van der Waals surface area contributed by atoms with Crippen molar-refractivity contribution in [3.63, 3.8) is 0 Å². The van der Waals surface area contributed by atoms with Crippen molar-refractivity contribution in [2.24, 2.45) is 5.73 Å². The van der Waals surface area contributed by atoms with E-state index in [9.17, 15) is 0 Å². The Morgan fingerprint density at radius 1 is 1.21 bits per heavy atom. The molecular formula is C15H24N4. The molecule has 1 heterocycles. The fraction of sp³-hybridized carbons (Fsp3) is 0.533. The molecule has 0 bridgehead atoms. The van der Waals surface area contributed by atoms with Crippen LogP contribution in [0.3, 0.4) is 0 Å². The molecule has 4 heteroatoms. The first kappa shape index (κ1) is 13.9. The van der Waals surface area contributed by atoms with Gasteiger partial charge in [0.15, 0.2) is 0 Å². The van der Waals surface area contributed by atoms with Gasteiger partial charge >= 0.3 is 0 Å². The number of nitrogens with zero attached hydrogens (tertiary/aromatic N) is 2. The van der Waals surface area contributed by atoms with Gasteiger partial charge in [-0.1, -0.05) is 6.07 Å². The van der Waals surface area contributed by atoms with Crippen molar-refractivity contribution in [1.82, 2.24) is 4.90 Å². The molecule has 1 aliphatic heterocycles. The van der Waals surface area contributed by atoms with E-state index in [1.165, 1.54) is 5.56 Å². The number of nitrogens with two attached hydrogens (primary N) is 1. The Morgan fingerprint density at radius 2 is 1.84 bits per heavy atom. The van der Waals surface area contributed by atoms with Crippen LogP contribution in [0, 0.1) is 12.3 Å². The van der Waals surface area contributed by atoms with Gasteiger partial charge in [0.1, 0.15) is 5.84 Å². The minimum absolute atomic E-state index is 0.154. The molecule has 0 amide bonds. The maximum absolute atomic E-state index is 7.71. The second kappa shape index (κ2) is 5.61. The molecule has 0 spiro atoms. The third-order valence-corrected chi connectivity index (χ3v) is 3.83. The van der Waals surface area contributed by atoms with Gasteiger partial charge in [0, 0.05) is 43.5 Å². The standard InChI is InChI=1S/C15H24N4/c1-11(2)18-6-8-19(9-7-18)14-10-12(3)4-5-13(14)15(16)17/h4-5,10-11H,6-9H2,1-3H3,(H3,16,17). The number of aryl methyl sites for hydroxylation is 1. The van der Waals surface area contributed by atoms with Gasteiger partial charge in [-0.2, -0.15) is 0 Å². The number of piperazine rings is 1. The zero-order valence-corrected chi connectivity index (χ0v) is 12.1. The molecule has 2 rings (SSSR count). The molecule has 0 atom stereocenters. The molecule has 1 aromatic carbocycles. The highest BCUT2D eigenvalue weighted by Gasteiger charge is 2.21. The average Bonchev–Trinajstić information content (AvgIpc) is 2.38. The van der Waals surface area contributed by atoms with Crippen LogP contribution in [0.2, 0.25) is 0 Å². The summed E-state index contributed by atoms with van der Waals surface area (Å²) >= 11 is 0. The molecule has 0 aliphatic carbocycles. The Balaban J connectivity index is 2.19. The fourth-order valence-corrected chi connectivity index (χ4v) is 2.61. The van der Waals surface area contributed by atoms with E-state index in [1.807, 2.05) is 12.1 Å². The van der Waals surface area contributed by atoms with Gasteiger partial charge in [0.2, 0.25) is 0 Å². The Kier molecular flexibility index (Phi) is 4.10. The van der Waals surface area contributed by atoms with E-state index >= 15 is 0 Å². The van der Waals surface area contributed by atoms with Gasteiger partial charge < -0.3 is 10.6 Å². The van der Waals surface area contributed by atoms with Gasteiger partial charge in [0.25, 0.3) is 0 Å². The fourth-order valence-electron chi connectivity index (χ4n) is 2.61. The molecular weight excluding hydrogens is 236 g/mol. The Hall–Kier alpha value is -1.55. The van der Waals surface area contributed by atoms with Crippen LogP contribution >= 0.6 is 0 Å². The highest BCUT2D eigenvalue weighted by molar-refractivity contribution is 6.00. The number of hydrogen-bond acceptors (Lipinski definition) is 3. The van der Waals surface area contributed by atoms with Gasteiger partial charge in [-0.3, -0.25) is 10.3 Å². The van der Waals surface area contributed by atoms with E-state index < -0.39 is 0 Å². The van der Waals surface area contributed by atoms with Crippen molar-refractivity contribution in [2.45, 2.75) is 26.8 Å². The predicted octanol–water partition coefficient (Wildman–Crippen LogP) is 1.81. The number of rotatable bonds is 3. The van der Waals surface area contributed by atoms with Crippen molar-refractivity contribution in [3.8, 4) is 0 Å². The summed E-state index contributed by atoms with van der Waals surface area (Å²) in [5.41, 5.74) is 8.87. The van der Waals surface area contributed by atoms with Crippen molar-refractivity contribution < 1.29 is 0 Å². The molecule has 0 saturated carbocycles. The summed E-state index contributed by atoms with van der Waals surface area (Å²) in [5.74, 6) is 0.154. The first-order valence-corrected chi connectivity index (χ1v) is 6.93. The minimum atomic E-state index is 0.154. The highest BCUT2D eigenvalue weighted by Crippen LogP contribution is 2.23. The molecule has 1 fully saturated rings. The smallest absolute Gasteiger partial charge is 0.124 e. The van der Waals surface area contributed by atoms with Crippen LogP contribution < -0.4 is 10.6 Å². The average molecular weight is 260 g/mol. The lowest BCUT2D eigenvalue weighted by molar-refractivity contribution is 0.209. The number of benzene rings is 1. The second-order valence-corrected chi connectivity index (χ2v) is 5.55. The first-order chi connectivity index (χ1) is 8.99. The van der Waals surface area contributed by atoms with Crippen LogP contribution in [0.1, 0.15) is 25.0 Å². The number of anilines is 1. The summed E-state index contributed by atoms with van der Waals surface area (Å²) in [7, 11) is 0. The first-order valence-electron chi connectivity index (χ1n) is 6.93. The lowest BCUT2D eigenvalue weighted by Gasteiger charge is -2.38. The van der Waals surface area contributed by atoms with E-state index in [-0.39, 0.29) is 5.84 Å². The van der Waals surface area contributed by atoms with E-state index in [0.29, 0.717) is 6.04 Å². The van der Waals surface area contributed by atoms with Crippen molar-refractivity contribution >= 4 is 11.5 Å². The quantitative estimate of drug-likeness (QED) is 0.644. The summed E-state index contributed by atoms with van der Waals surface area (Å²) in [6.45, 7) is 10.7. The van der Waals surface area contributed by atoms with Gasteiger partial charge in [0.05, 0.1) is 0 Å². The Bertz CT molecular complexity index is 459. The maximum Gasteiger partial charge on any atom is 0.124 e. The van der Waals surface area contributed by atoms with Gasteiger partial charge in [-0.25, -0.2) is 0 Å². The predicted molar refractivity (Wildman–Crippen MR) is 81.1 cm³/mol. The van der Waals surface area contributed by atoms with Gasteiger partial charge in [-0.15, -0.1) is 0 Å². The van der Waals surface area contributed by atoms with Crippen LogP contribution in [0.5, 0.6) is 0 Å². The SMILES string of the molecule is Cc1ccc(C(=N)N)c(N2CCN(C(C)C)CC2)c1. The Labute approximate surface area is 115 Å². The van der Waals surface area contributed by atoms with E-state index in [1.54, 1.807) is 0 Å². The lowest BCUT2D eigenvalue weighted by atomic mass is 10.1. The largest absolute Gasteiger partial charge is 0.384 e. The number of hydrogen-bond donors (Lipinski definition) is 2. The van der Waals surface area contributed by atoms with Crippen LogP contribution in [0.25, 0.3) is 0 Å². The van der Waals surface area contributed by atoms with E-state index in [2.05, 4.69) is 36.6 Å². The molecule has 3 N–H and O–H groups in total. The monoisotopic (exact) mass is 260 g/mol. The molecule has 1 aliphatic rings. The molecule has 1 aromatic rings. The second-order valence-electron chi connectivity index (χ2n) is 5.55. The molecule has 0 unspecified atom stereocenters. The highest BCUT2D eigenvalue weighted by atomic mass is 15.3. The van der Waals surface area contributed by atoms with Gasteiger partial charge in [-0.05, 0) is 38.5 Å². The molecule has 104 valence electrons. The third kappa shape index (κ3) is 3.07. The lowest BCUT2D eigenvalue weighted by Crippen LogP contribution is -2.49. The van der Waals surface area contributed by atoms with Crippen LogP contribution in [-0.2, 0) is 0 Å². The molecule has 4 nitrogen and oxygen atoms in total. The summed E-state index contributed by atoms with van der Waals surface area (Å²) in [5, 5.41) is 7.71. The minimum Gasteiger partial charge on any atom is -0.384 e. The maximum atomic E-state index is 7.71. The molecule has 0 aromatic heterocycles. The zero-order valence-electron chi connectivity index (χ0n) is 12.1. The summed E-state index contributed by atoms with van der Waals surface area (Å²) in [4.78, 5) is 4.84. The van der Waals surface area contributed by atoms with E-state index in [0.717, 1.165) is 37.4 Å². The molecule has 19 heavy (non-hydrogen) atoms. The van der Waals surface area contributed by atoms with E-state index in [4.69, 9.17) is 11.1 Å². The van der Waals surface area contributed by atoms with Crippen LogP contribution in [-0.4, -0.2) is 43.0 Å². The summed E-state index contributed by atoms with van der Waals surface area (Å²) < 4.78 is 0. The van der Waals surface area contributed by atoms with Crippen LogP contribution in [0.4, 0.5) is 5.69 Å². The van der Waals surface area contributed by atoms with Crippen molar-refractivity contribution in [2.75, 3.05) is 31.1 Å².